The number of aromatic nitrogens is 3. The summed E-state index contributed by atoms with van der Waals surface area (Å²) in [5.41, 5.74) is -0.108. The Hall–Kier alpha value is -2.22. The number of halogens is 1. The molecule has 0 saturated carbocycles. The monoisotopic (exact) mass is 309 g/mol. The molecule has 0 bridgehead atoms. The van der Waals surface area contributed by atoms with Gasteiger partial charge in [0.2, 0.25) is 0 Å². The lowest BCUT2D eigenvalue weighted by molar-refractivity contribution is 0.0344. The molecule has 0 aliphatic carbocycles. The Kier molecular flexibility index (Phi) is 4.69. The van der Waals surface area contributed by atoms with Gasteiger partial charge in [-0.2, -0.15) is 0 Å². The number of esters is 1. The summed E-state index contributed by atoms with van der Waals surface area (Å²) in [7, 11) is 0. The maximum atomic E-state index is 13.0. The quantitative estimate of drug-likeness (QED) is 0.631. The predicted molar refractivity (Wildman–Crippen MR) is 74.6 cm³/mol. The van der Waals surface area contributed by atoms with E-state index in [1.807, 2.05) is 0 Å². The number of thioether (sulfide) groups is 1. The van der Waals surface area contributed by atoms with Crippen LogP contribution >= 0.6 is 11.8 Å². The van der Waals surface area contributed by atoms with Crippen LogP contribution in [0.25, 0.3) is 0 Å². The Morgan fingerprint density at radius 3 is 2.86 bits per heavy atom. The molecule has 0 radical (unpaired) electrons. The Morgan fingerprint density at radius 1 is 1.43 bits per heavy atom. The lowest BCUT2D eigenvalue weighted by Crippen LogP contribution is -2.28. The molecule has 1 aromatic carbocycles. The molecule has 0 aliphatic heterocycles. The number of nitrogens with zero attached hydrogens (tertiary/aromatic N) is 3. The highest BCUT2D eigenvalue weighted by Crippen LogP contribution is 2.10. The van der Waals surface area contributed by atoms with Gasteiger partial charge in [-0.3, -0.25) is 4.79 Å². The fourth-order valence-electron chi connectivity index (χ4n) is 1.58. The van der Waals surface area contributed by atoms with Crippen LogP contribution in [0.2, 0.25) is 0 Å². The van der Waals surface area contributed by atoms with Crippen LogP contribution in [0, 0.1) is 12.7 Å². The van der Waals surface area contributed by atoms with Crippen molar-refractivity contribution in [1.82, 2.24) is 14.8 Å². The van der Waals surface area contributed by atoms with Crippen LogP contribution in [-0.2, 0) is 11.5 Å². The average Bonchev–Trinajstić information content (AvgIpc) is 2.48. The summed E-state index contributed by atoms with van der Waals surface area (Å²) in [5, 5.41) is 7.89. The van der Waals surface area contributed by atoms with Crippen molar-refractivity contribution in [3.8, 4) is 0 Å². The molecular formula is C13H12FN3O3S. The van der Waals surface area contributed by atoms with Crippen LogP contribution < -0.4 is 5.56 Å². The molecule has 110 valence electrons. The molecule has 0 unspecified atom stereocenters. The number of rotatable bonds is 4. The minimum atomic E-state index is -0.720. The first-order valence-electron chi connectivity index (χ1n) is 5.93. The summed E-state index contributed by atoms with van der Waals surface area (Å²) in [5.74, 6) is -1.25. The first-order valence-corrected chi connectivity index (χ1v) is 7.16. The minimum absolute atomic E-state index is 0.0764. The van der Waals surface area contributed by atoms with Gasteiger partial charge >= 0.3 is 5.97 Å². The van der Waals surface area contributed by atoms with Crippen molar-refractivity contribution in [3.63, 3.8) is 0 Å². The van der Waals surface area contributed by atoms with Crippen LogP contribution in [0.5, 0.6) is 0 Å². The van der Waals surface area contributed by atoms with Crippen molar-refractivity contribution >= 4 is 17.7 Å². The van der Waals surface area contributed by atoms with Gasteiger partial charge in [0.25, 0.3) is 5.56 Å². The van der Waals surface area contributed by atoms with Crippen LogP contribution in [0.1, 0.15) is 16.1 Å². The Labute approximate surface area is 124 Å². The summed E-state index contributed by atoms with van der Waals surface area (Å²) >= 11 is 1.21. The van der Waals surface area contributed by atoms with Gasteiger partial charge < -0.3 is 4.74 Å². The van der Waals surface area contributed by atoms with Gasteiger partial charge in [0.15, 0.2) is 11.9 Å². The number of carbonyl (C=O) groups is 1. The number of hydrogen-bond donors (Lipinski definition) is 0. The topological polar surface area (TPSA) is 74.1 Å². The van der Waals surface area contributed by atoms with Gasteiger partial charge in [-0.25, -0.2) is 13.8 Å². The van der Waals surface area contributed by atoms with Crippen molar-refractivity contribution in [3.05, 3.63) is 51.7 Å². The molecule has 0 fully saturated rings. The third-order valence-electron chi connectivity index (χ3n) is 2.64. The van der Waals surface area contributed by atoms with E-state index >= 15 is 0 Å². The molecular weight excluding hydrogens is 297 g/mol. The van der Waals surface area contributed by atoms with E-state index in [9.17, 15) is 14.0 Å². The first kappa shape index (κ1) is 15.2. The fraction of sp³-hybridized carbons (Fsp3) is 0.231. The second-order valence-corrected chi connectivity index (χ2v) is 4.85. The third kappa shape index (κ3) is 3.46. The van der Waals surface area contributed by atoms with Crippen molar-refractivity contribution < 1.29 is 13.9 Å². The molecule has 0 aliphatic rings. The number of ether oxygens (including phenoxy) is 1. The van der Waals surface area contributed by atoms with E-state index in [1.165, 1.54) is 41.5 Å². The largest absolute Gasteiger partial charge is 0.440 e. The number of aryl methyl sites for hydroxylation is 1. The standard InChI is InChI=1S/C13H12FN3O3S/c1-8-11(18)17(13(21-2)16-15-8)7-20-12(19)9-4-3-5-10(14)6-9/h3-6H,7H2,1-2H3. The highest BCUT2D eigenvalue weighted by Gasteiger charge is 2.12. The lowest BCUT2D eigenvalue weighted by atomic mass is 10.2. The zero-order valence-corrected chi connectivity index (χ0v) is 12.2. The fourth-order valence-corrected chi connectivity index (χ4v) is 2.06. The van der Waals surface area contributed by atoms with E-state index in [1.54, 1.807) is 6.26 Å². The summed E-state index contributed by atoms with van der Waals surface area (Å²) in [6, 6.07) is 5.13. The normalized spacial score (nSPS) is 10.4. The highest BCUT2D eigenvalue weighted by molar-refractivity contribution is 7.98. The van der Waals surface area contributed by atoms with Crippen molar-refractivity contribution in [2.24, 2.45) is 0 Å². The van der Waals surface area contributed by atoms with Crippen LogP contribution in [0.15, 0.2) is 34.2 Å². The van der Waals surface area contributed by atoms with Gasteiger partial charge in [0.05, 0.1) is 5.56 Å². The van der Waals surface area contributed by atoms with Gasteiger partial charge in [-0.15, -0.1) is 10.2 Å². The van der Waals surface area contributed by atoms with Crippen molar-refractivity contribution in [1.29, 1.82) is 0 Å². The van der Waals surface area contributed by atoms with E-state index in [4.69, 9.17) is 4.74 Å². The molecule has 1 heterocycles. The average molecular weight is 309 g/mol. The molecule has 2 aromatic rings. The summed E-state index contributed by atoms with van der Waals surface area (Å²) in [6.07, 6.45) is 1.73. The Morgan fingerprint density at radius 2 is 2.19 bits per heavy atom. The zero-order valence-electron chi connectivity index (χ0n) is 11.4. The van der Waals surface area contributed by atoms with Crippen LogP contribution in [-0.4, -0.2) is 27.0 Å². The van der Waals surface area contributed by atoms with Crippen LogP contribution in [0.3, 0.4) is 0 Å². The molecule has 8 heteroatoms. The van der Waals surface area contributed by atoms with Gasteiger partial charge in [-0.1, -0.05) is 17.8 Å². The smallest absolute Gasteiger partial charge is 0.339 e. The molecule has 1 aromatic heterocycles. The molecule has 0 N–H and O–H groups in total. The molecule has 2 rings (SSSR count). The van der Waals surface area contributed by atoms with Gasteiger partial charge in [-0.05, 0) is 31.4 Å². The Balaban J connectivity index is 2.19. The molecule has 6 nitrogen and oxygen atoms in total. The Bertz CT molecular complexity index is 733. The predicted octanol–water partition coefficient (Wildman–Crippen LogP) is 1.62. The van der Waals surface area contributed by atoms with Crippen molar-refractivity contribution in [2.45, 2.75) is 18.8 Å². The van der Waals surface area contributed by atoms with Crippen LogP contribution in [0.4, 0.5) is 4.39 Å². The first-order chi connectivity index (χ1) is 10.0. The second-order valence-electron chi connectivity index (χ2n) is 4.08. The van der Waals surface area contributed by atoms with Gasteiger partial charge in [0.1, 0.15) is 11.5 Å². The summed E-state index contributed by atoms with van der Waals surface area (Å²) < 4.78 is 19.3. The molecule has 0 atom stereocenters. The van der Waals surface area contributed by atoms with Crippen molar-refractivity contribution in [2.75, 3.05) is 6.26 Å². The van der Waals surface area contributed by atoms with Gasteiger partial charge in [0, 0.05) is 0 Å². The molecule has 0 spiro atoms. The lowest BCUT2D eigenvalue weighted by Gasteiger charge is -2.10. The molecule has 0 saturated heterocycles. The zero-order chi connectivity index (χ0) is 15.4. The third-order valence-corrected chi connectivity index (χ3v) is 3.31. The minimum Gasteiger partial charge on any atom is -0.440 e. The SMILES string of the molecule is CSc1nnc(C)c(=O)n1COC(=O)c1cccc(F)c1. The van der Waals surface area contributed by atoms with E-state index in [-0.39, 0.29) is 23.5 Å². The number of hydrogen-bond acceptors (Lipinski definition) is 6. The number of benzene rings is 1. The van der Waals surface area contributed by atoms with E-state index < -0.39 is 11.8 Å². The maximum absolute atomic E-state index is 13.0. The summed E-state index contributed by atoms with van der Waals surface area (Å²) in [6.45, 7) is 1.21. The highest BCUT2D eigenvalue weighted by atomic mass is 32.2. The van der Waals surface area contributed by atoms with E-state index in [0.717, 1.165) is 6.07 Å². The van der Waals surface area contributed by atoms with E-state index in [2.05, 4.69) is 10.2 Å². The second kappa shape index (κ2) is 6.49. The molecule has 0 amide bonds. The number of carbonyl (C=O) groups excluding carboxylic acids is 1. The van der Waals surface area contributed by atoms with E-state index in [0.29, 0.717) is 5.16 Å². The summed E-state index contributed by atoms with van der Waals surface area (Å²) in [4.78, 5) is 23.8. The molecule has 21 heavy (non-hydrogen) atoms. The maximum Gasteiger partial charge on any atom is 0.339 e.